The Balaban J connectivity index is 3.27. The summed E-state index contributed by atoms with van der Waals surface area (Å²) in [7, 11) is 0. The van der Waals surface area contributed by atoms with Crippen LogP contribution in [0.4, 0.5) is 11.4 Å². The van der Waals surface area contributed by atoms with Gasteiger partial charge in [0.2, 0.25) is 0 Å². The number of hydrogen-bond acceptors (Lipinski definition) is 4. The Bertz CT molecular complexity index is 259. The number of aromatic nitrogens is 1. The molecule has 0 aromatic carbocycles. The third-order valence-corrected chi connectivity index (χ3v) is 1.26. The molecule has 1 heterocycles. The maximum Gasteiger partial charge on any atom is 0.149 e. The molecule has 4 nitrogen and oxygen atoms in total. The summed E-state index contributed by atoms with van der Waals surface area (Å²) in [4.78, 5) is 13.8. The van der Waals surface area contributed by atoms with Gasteiger partial charge in [-0.05, 0) is 17.7 Å². The molecule has 0 saturated heterocycles. The van der Waals surface area contributed by atoms with Crippen LogP contribution in [-0.4, -0.2) is 4.98 Å². The number of nitroso groups, excluding NO2 is 1. The minimum Gasteiger partial charge on any atom is -0.397 e. The molecule has 0 atom stereocenters. The summed E-state index contributed by atoms with van der Waals surface area (Å²) in [6.07, 6.45) is 2.93. The van der Waals surface area contributed by atoms with Crippen LogP contribution in [0.15, 0.2) is 17.6 Å². The van der Waals surface area contributed by atoms with E-state index in [-0.39, 0.29) is 5.69 Å². The summed E-state index contributed by atoms with van der Waals surface area (Å²) in [5, 5.41) is 2.69. The van der Waals surface area contributed by atoms with Gasteiger partial charge < -0.3 is 5.73 Å². The average Bonchev–Trinajstić information content (AvgIpc) is 1.95. The van der Waals surface area contributed by atoms with Crippen LogP contribution in [-0.2, 0) is 0 Å². The molecule has 4 heteroatoms. The van der Waals surface area contributed by atoms with Gasteiger partial charge in [-0.1, -0.05) is 0 Å². The lowest BCUT2D eigenvalue weighted by Gasteiger charge is -1.97. The smallest absolute Gasteiger partial charge is 0.149 e. The van der Waals surface area contributed by atoms with Crippen molar-refractivity contribution < 1.29 is 0 Å². The van der Waals surface area contributed by atoms with Crippen LogP contribution in [0, 0.1) is 11.8 Å². The number of nitrogens with two attached hydrogens (primary N) is 1. The molecule has 0 spiro atoms. The number of nitrogens with zero attached hydrogens (tertiary/aromatic N) is 2. The molecule has 0 radical (unpaired) electrons. The molecule has 0 saturated carbocycles. The van der Waals surface area contributed by atoms with Gasteiger partial charge in [0.25, 0.3) is 0 Å². The molecule has 52 valence electrons. The maximum absolute atomic E-state index is 10.0. The summed E-state index contributed by atoms with van der Waals surface area (Å²) in [5.74, 6) is 0. The van der Waals surface area contributed by atoms with E-state index in [2.05, 4.69) is 10.2 Å². The number of aryl methyl sites for hydroxylation is 1. The third-order valence-electron chi connectivity index (χ3n) is 1.26. The number of anilines is 1. The highest BCUT2D eigenvalue weighted by Gasteiger charge is 2.00. The monoisotopic (exact) mass is 137 g/mol. The first kappa shape index (κ1) is 6.67. The first-order valence-corrected chi connectivity index (χ1v) is 2.79. The van der Waals surface area contributed by atoms with E-state index in [0.29, 0.717) is 5.69 Å². The van der Waals surface area contributed by atoms with Gasteiger partial charge in [0.15, 0.2) is 0 Å². The van der Waals surface area contributed by atoms with E-state index in [1.54, 1.807) is 13.1 Å². The normalized spacial score (nSPS) is 9.30. The maximum atomic E-state index is 10.0. The first-order chi connectivity index (χ1) is 4.75. The largest absolute Gasteiger partial charge is 0.397 e. The number of pyridine rings is 1. The lowest BCUT2D eigenvalue weighted by Crippen LogP contribution is -1.90. The number of rotatable bonds is 1. The molecule has 0 unspecified atom stereocenters. The van der Waals surface area contributed by atoms with E-state index < -0.39 is 0 Å². The van der Waals surface area contributed by atoms with Crippen LogP contribution >= 0.6 is 0 Å². The minimum absolute atomic E-state index is 0.208. The highest BCUT2D eigenvalue weighted by Crippen LogP contribution is 2.22. The summed E-state index contributed by atoms with van der Waals surface area (Å²) in [6, 6.07) is 0. The zero-order valence-corrected chi connectivity index (χ0v) is 5.53. The van der Waals surface area contributed by atoms with Crippen molar-refractivity contribution in [3.05, 3.63) is 22.9 Å². The van der Waals surface area contributed by atoms with Crippen molar-refractivity contribution in [2.45, 2.75) is 6.92 Å². The lowest BCUT2D eigenvalue weighted by atomic mass is 10.2. The molecular weight excluding hydrogens is 130 g/mol. The lowest BCUT2D eigenvalue weighted by molar-refractivity contribution is 1.25. The van der Waals surface area contributed by atoms with Crippen molar-refractivity contribution in [2.24, 2.45) is 5.18 Å². The van der Waals surface area contributed by atoms with E-state index in [1.165, 1.54) is 6.20 Å². The molecule has 0 aliphatic rings. The van der Waals surface area contributed by atoms with E-state index in [1.807, 2.05) is 0 Å². The van der Waals surface area contributed by atoms with Gasteiger partial charge in [-0.3, -0.25) is 4.98 Å². The van der Waals surface area contributed by atoms with Crippen LogP contribution in [0.1, 0.15) is 5.56 Å². The first-order valence-electron chi connectivity index (χ1n) is 2.79. The van der Waals surface area contributed by atoms with E-state index in [4.69, 9.17) is 5.73 Å². The molecule has 1 aromatic rings. The molecule has 1 aromatic heterocycles. The second-order valence-corrected chi connectivity index (χ2v) is 1.98. The molecule has 0 fully saturated rings. The second-order valence-electron chi connectivity index (χ2n) is 1.98. The molecule has 0 amide bonds. The Morgan fingerprint density at radius 2 is 2.30 bits per heavy atom. The molecule has 0 bridgehead atoms. The van der Waals surface area contributed by atoms with E-state index >= 15 is 0 Å². The number of nitrogen functional groups attached to an aromatic ring is 1. The highest BCUT2D eigenvalue weighted by molar-refractivity contribution is 5.64. The molecular formula is C6H7N3O. The van der Waals surface area contributed by atoms with Gasteiger partial charge in [0.05, 0.1) is 11.9 Å². The molecule has 0 aliphatic carbocycles. The van der Waals surface area contributed by atoms with Gasteiger partial charge in [-0.25, -0.2) is 0 Å². The summed E-state index contributed by atoms with van der Waals surface area (Å²) in [6.45, 7) is 1.77. The van der Waals surface area contributed by atoms with E-state index in [0.717, 1.165) is 5.56 Å². The number of hydrogen-bond donors (Lipinski definition) is 1. The van der Waals surface area contributed by atoms with Crippen LogP contribution in [0.2, 0.25) is 0 Å². The van der Waals surface area contributed by atoms with Crippen LogP contribution < -0.4 is 5.73 Å². The van der Waals surface area contributed by atoms with Crippen molar-refractivity contribution in [1.29, 1.82) is 0 Å². The molecule has 1 rings (SSSR count). The fourth-order valence-electron chi connectivity index (χ4n) is 0.634. The highest BCUT2D eigenvalue weighted by atomic mass is 16.3. The second kappa shape index (κ2) is 2.43. The molecule has 10 heavy (non-hydrogen) atoms. The zero-order chi connectivity index (χ0) is 7.56. The van der Waals surface area contributed by atoms with Gasteiger partial charge in [-0.2, -0.15) is 0 Å². The van der Waals surface area contributed by atoms with Crippen molar-refractivity contribution in [3.63, 3.8) is 0 Å². The van der Waals surface area contributed by atoms with E-state index in [9.17, 15) is 4.91 Å². The van der Waals surface area contributed by atoms with Crippen molar-refractivity contribution >= 4 is 11.4 Å². The fraction of sp³-hybridized carbons (Fsp3) is 0.167. The van der Waals surface area contributed by atoms with Gasteiger partial charge in [0.1, 0.15) is 5.69 Å². The van der Waals surface area contributed by atoms with Crippen LogP contribution in [0.25, 0.3) is 0 Å². The Morgan fingerprint density at radius 3 is 2.80 bits per heavy atom. The predicted octanol–water partition coefficient (Wildman–Crippen LogP) is 1.37. The minimum atomic E-state index is 0.208. The van der Waals surface area contributed by atoms with Crippen LogP contribution in [0.5, 0.6) is 0 Å². The quantitative estimate of drug-likeness (QED) is 0.594. The predicted molar refractivity (Wildman–Crippen MR) is 38.8 cm³/mol. The topological polar surface area (TPSA) is 68.3 Å². The Kier molecular flexibility index (Phi) is 1.62. The summed E-state index contributed by atoms with van der Waals surface area (Å²) in [5.41, 5.74) is 6.85. The van der Waals surface area contributed by atoms with Gasteiger partial charge >= 0.3 is 0 Å². The van der Waals surface area contributed by atoms with Crippen molar-refractivity contribution in [2.75, 3.05) is 5.73 Å². The zero-order valence-electron chi connectivity index (χ0n) is 5.53. The van der Waals surface area contributed by atoms with Gasteiger partial charge in [-0.15, -0.1) is 4.91 Å². The molecule has 0 aliphatic heterocycles. The standard InChI is InChI=1S/C6H7N3O/c1-4-2-8-3-5(9-10)6(4)7/h2-3H,1H3,(H2,7,8). The Labute approximate surface area is 58.1 Å². The summed E-state index contributed by atoms with van der Waals surface area (Å²) < 4.78 is 0. The average molecular weight is 137 g/mol. The van der Waals surface area contributed by atoms with Crippen LogP contribution in [0.3, 0.4) is 0 Å². The van der Waals surface area contributed by atoms with Crippen molar-refractivity contribution in [1.82, 2.24) is 4.98 Å². The van der Waals surface area contributed by atoms with Gasteiger partial charge in [0, 0.05) is 6.20 Å². The SMILES string of the molecule is Cc1cncc(N=O)c1N. The van der Waals surface area contributed by atoms with Crippen molar-refractivity contribution in [3.8, 4) is 0 Å². The summed E-state index contributed by atoms with van der Waals surface area (Å²) >= 11 is 0. The fourth-order valence-corrected chi connectivity index (χ4v) is 0.634. The molecule has 2 N–H and O–H groups in total. The third kappa shape index (κ3) is 0.953. The Morgan fingerprint density at radius 1 is 1.60 bits per heavy atom. The Hall–Kier alpha value is -1.45.